The van der Waals surface area contributed by atoms with E-state index in [9.17, 15) is 0 Å². The van der Waals surface area contributed by atoms with Gasteiger partial charge in [-0.15, -0.1) is 0 Å². The molecule has 0 unspecified atom stereocenters. The molecular weight excluding hydrogens is 383 g/mol. The second kappa shape index (κ2) is 27.3. The molecule has 0 aliphatic carbocycles. The van der Waals surface area contributed by atoms with Gasteiger partial charge in [-0.2, -0.15) is 0 Å². The van der Waals surface area contributed by atoms with Gasteiger partial charge in [-0.3, -0.25) is 0 Å². The molecule has 0 aromatic heterocycles. The number of rotatable bonds is 8. The maximum Gasteiger partial charge on any atom is 1.00 e. The van der Waals surface area contributed by atoms with Crippen LogP contribution >= 0.6 is 24.4 Å². The molecule has 0 aliphatic rings. The van der Waals surface area contributed by atoms with Crippen LogP contribution in [0.4, 0.5) is 0 Å². The molecule has 0 aliphatic heterocycles. The van der Waals surface area contributed by atoms with Gasteiger partial charge in [0.15, 0.2) is 0 Å². The first-order valence-corrected chi connectivity index (χ1v) is 7.85. The van der Waals surface area contributed by atoms with Gasteiger partial charge in [-0.1, -0.05) is 39.5 Å². The number of unbranched alkanes of at least 4 members (excludes halogenated alkanes) is 4. The molecule has 0 rings (SSSR count). The Balaban J connectivity index is -0.000000116. The quantitative estimate of drug-likeness (QED) is 0.201. The number of hydrogen-bond donors (Lipinski definition) is 0. The summed E-state index contributed by atoms with van der Waals surface area (Å²) in [5.74, 6) is 0. The van der Waals surface area contributed by atoms with Gasteiger partial charge in [0.25, 0.3) is 0 Å². The van der Waals surface area contributed by atoms with Crippen LogP contribution in [0.1, 0.15) is 52.4 Å². The van der Waals surface area contributed by atoms with Crippen LogP contribution in [-0.4, -0.2) is 22.0 Å². The second-order valence-corrected chi connectivity index (χ2v) is 5.61. The van der Waals surface area contributed by atoms with E-state index in [4.69, 9.17) is 9.47 Å². The molecule has 0 saturated heterocycles. The van der Waals surface area contributed by atoms with Crippen LogP contribution in [-0.2, 0) is 34.7 Å². The monoisotopic (exact) mass is 404 g/mol. The minimum Gasteiger partial charge on any atom is -0.514 e. The van der Waals surface area contributed by atoms with Crippen LogP contribution in [0.5, 0.6) is 0 Å². The van der Waals surface area contributed by atoms with Crippen LogP contribution < -0.4 is 103 Å². The summed E-state index contributed by atoms with van der Waals surface area (Å²) in [6.45, 7) is 5.67. The van der Waals surface area contributed by atoms with Gasteiger partial charge >= 0.3 is 103 Å². The summed E-state index contributed by atoms with van der Waals surface area (Å²) in [5.41, 5.74) is 0. The third-order valence-electron chi connectivity index (χ3n) is 1.94. The number of ether oxygens (including phenoxy) is 2. The van der Waals surface area contributed by atoms with E-state index in [-0.39, 0.29) is 112 Å². The summed E-state index contributed by atoms with van der Waals surface area (Å²) in [7, 11) is 0. The molecule has 0 bridgehead atoms. The van der Waals surface area contributed by atoms with Crippen LogP contribution in [0.25, 0.3) is 0 Å². The first-order chi connectivity index (χ1) is 8.54. The summed E-state index contributed by atoms with van der Waals surface area (Å²) in [4.78, 5) is 0. The fourth-order valence-electron chi connectivity index (χ4n) is 1.02. The van der Waals surface area contributed by atoms with Crippen LogP contribution in [0, 0.1) is 0 Å². The molecular formula is C12H22K2O2S4. The predicted octanol–water partition coefficient (Wildman–Crippen LogP) is -1.94. The van der Waals surface area contributed by atoms with Crippen molar-refractivity contribution in [2.45, 2.75) is 52.4 Å². The van der Waals surface area contributed by atoms with Crippen molar-refractivity contribution in [2.75, 3.05) is 13.2 Å². The smallest absolute Gasteiger partial charge is 0.514 e. The Labute approximate surface area is 231 Å². The van der Waals surface area contributed by atoms with E-state index in [1.165, 1.54) is 25.7 Å². The number of thiocarbonyl (C=S) groups is 2. The third kappa shape index (κ3) is 37.6. The van der Waals surface area contributed by atoms with Crippen LogP contribution in [0.15, 0.2) is 0 Å². The van der Waals surface area contributed by atoms with E-state index >= 15 is 0 Å². The van der Waals surface area contributed by atoms with Crippen molar-refractivity contribution in [3.05, 3.63) is 0 Å². The Hall–Kier alpha value is 3.49. The molecule has 0 spiro atoms. The average Bonchev–Trinajstić information content (AvgIpc) is 2.31. The maximum absolute atomic E-state index is 4.89. The van der Waals surface area contributed by atoms with Crippen molar-refractivity contribution < 1.29 is 112 Å². The molecule has 0 N–H and O–H groups in total. The van der Waals surface area contributed by atoms with Gasteiger partial charge in [0, 0.05) is 8.77 Å². The molecule has 0 aromatic rings. The van der Waals surface area contributed by atoms with Gasteiger partial charge in [-0.25, -0.2) is 0 Å². The Morgan fingerprint density at radius 2 is 1.05 bits per heavy atom. The summed E-state index contributed by atoms with van der Waals surface area (Å²) in [5, 5.41) is 0. The average molecular weight is 405 g/mol. The molecule has 0 saturated carbocycles. The topological polar surface area (TPSA) is 18.5 Å². The zero-order valence-electron chi connectivity index (χ0n) is 13.1. The molecule has 20 heavy (non-hydrogen) atoms. The normalized spacial score (nSPS) is 8.10. The first kappa shape index (κ1) is 31.3. The largest absolute Gasteiger partial charge is 1.00 e. The standard InChI is InChI=1S/2C6H12OS2.2K/c2*1-2-3-4-5-7-6(8)9;;/h2*2-5H2,1H3,(H,8,9);;/q;;2*+1/p-2. The van der Waals surface area contributed by atoms with Crippen molar-refractivity contribution >= 4 is 58.5 Å². The summed E-state index contributed by atoms with van der Waals surface area (Å²) in [6, 6.07) is 0. The van der Waals surface area contributed by atoms with Crippen molar-refractivity contribution in [3.63, 3.8) is 0 Å². The van der Waals surface area contributed by atoms with E-state index in [1.54, 1.807) is 0 Å². The molecule has 108 valence electrons. The van der Waals surface area contributed by atoms with Crippen molar-refractivity contribution in [1.29, 1.82) is 0 Å². The predicted molar refractivity (Wildman–Crippen MR) is 90.9 cm³/mol. The first-order valence-electron chi connectivity index (χ1n) is 6.22. The second-order valence-electron chi connectivity index (χ2n) is 3.61. The Morgan fingerprint density at radius 3 is 1.25 bits per heavy atom. The SMILES string of the molecule is CCCCCOC(=S)[S-].CCCCCOC(=S)[S-].[K+].[K+]. The molecule has 0 heterocycles. The fraction of sp³-hybridized carbons (Fsp3) is 0.833. The molecule has 0 atom stereocenters. The fourth-order valence-corrected chi connectivity index (χ4v) is 1.35. The zero-order valence-corrected chi connectivity index (χ0v) is 22.6. The molecule has 2 nitrogen and oxygen atoms in total. The molecule has 0 fully saturated rings. The molecule has 0 aromatic carbocycles. The van der Waals surface area contributed by atoms with Gasteiger partial charge in [0.2, 0.25) is 0 Å². The van der Waals surface area contributed by atoms with E-state index in [2.05, 4.69) is 63.5 Å². The summed E-state index contributed by atoms with van der Waals surface area (Å²) in [6.07, 6.45) is 6.91. The van der Waals surface area contributed by atoms with Crippen molar-refractivity contribution in [3.8, 4) is 0 Å². The minimum absolute atomic E-state index is 0. The van der Waals surface area contributed by atoms with Crippen molar-refractivity contribution in [1.82, 2.24) is 0 Å². The van der Waals surface area contributed by atoms with Crippen molar-refractivity contribution in [2.24, 2.45) is 0 Å². The zero-order chi connectivity index (χ0) is 14.2. The van der Waals surface area contributed by atoms with Crippen LogP contribution in [0.2, 0.25) is 0 Å². The third-order valence-corrected chi connectivity index (χ3v) is 2.41. The van der Waals surface area contributed by atoms with E-state index < -0.39 is 0 Å². The van der Waals surface area contributed by atoms with Gasteiger partial charge < -0.3 is 59.2 Å². The molecule has 0 radical (unpaired) electrons. The maximum atomic E-state index is 4.89. The summed E-state index contributed by atoms with van der Waals surface area (Å²) >= 11 is 18.2. The van der Waals surface area contributed by atoms with Gasteiger partial charge in [0.05, 0.1) is 13.2 Å². The Morgan fingerprint density at radius 1 is 0.750 bits per heavy atom. The minimum atomic E-state index is 0. The van der Waals surface area contributed by atoms with E-state index in [0.29, 0.717) is 13.2 Å². The van der Waals surface area contributed by atoms with Crippen LogP contribution in [0.3, 0.4) is 0 Å². The number of hydrogen-bond acceptors (Lipinski definition) is 6. The molecule has 8 heteroatoms. The Bertz CT molecular complexity index is 198. The molecule has 0 amide bonds. The summed E-state index contributed by atoms with van der Waals surface area (Å²) < 4.78 is 10.3. The van der Waals surface area contributed by atoms with Gasteiger partial charge in [-0.05, 0) is 12.8 Å². The van der Waals surface area contributed by atoms with E-state index in [1.807, 2.05) is 0 Å². The van der Waals surface area contributed by atoms with E-state index in [0.717, 1.165) is 12.8 Å². The Kier molecular flexibility index (Phi) is 42.8. The van der Waals surface area contributed by atoms with Gasteiger partial charge in [0.1, 0.15) is 0 Å².